The lowest BCUT2D eigenvalue weighted by Crippen LogP contribution is -2.57. The second-order valence-electron chi connectivity index (χ2n) is 12.7. The van der Waals surface area contributed by atoms with Crippen LogP contribution >= 0.6 is 35.0 Å². The molecular weight excluding hydrogens is 712 g/mol. The molecule has 0 fully saturated rings. The van der Waals surface area contributed by atoms with E-state index >= 15 is 0 Å². The van der Waals surface area contributed by atoms with Crippen molar-refractivity contribution in [3.8, 4) is 0 Å². The maximum Gasteiger partial charge on any atom is 0.245 e. The Labute approximate surface area is 311 Å². The van der Waals surface area contributed by atoms with Crippen molar-refractivity contribution in [1.82, 2.24) is 25.8 Å². The molecule has 0 saturated heterocycles. The quantitative estimate of drug-likeness (QED) is 0.127. The number of likely N-dealkylation sites (N-methyl/N-ethyl adjacent to an activating group) is 1. The number of carbonyl (C=O) groups is 3. The van der Waals surface area contributed by atoms with E-state index in [2.05, 4.69) is 20.9 Å². The molecule has 51 heavy (non-hydrogen) atoms. The largest absolute Gasteiger partial charge is 0.361 e. The lowest BCUT2D eigenvalue weighted by molar-refractivity contribution is -0.142. The number of H-pyrrole nitrogens is 1. The molecule has 0 saturated carbocycles. The van der Waals surface area contributed by atoms with E-state index in [1.54, 1.807) is 25.2 Å². The summed E-state index contributed by atoms with van der Waals surface area (Å²) in [5.41, 5.74) is 14.6. The zero-order valence-electron chi connectivity index (χ0n) is 28.4. The van der Waals surface area contributed by atoms with Crippen LogP contribution in [0.5, 0.6) is 0 Å². The van der Waals surface area contributed by atoms with E-state index in [9.17, 15) is 18.8 Å². The number of aromatic amines is 1. The predicted octanol–water partition coefficient (Wildman–Crippen LogP) is 5.28. The summed E-state index contributed by atoms with van der Waals surface area (Å²) in [5, 5.41) is 11.0. The Kier molecular flexibility index (Phi) is 13.8. The molecule has 0 spiro atoms. The number of halogens is 3. The highest BCUT2D eigenvalue weighted by Crippen LogP contribution is 2.40. The molecule has 0 radical (unpaired) electrons. The highest BCUT2D eigenvalue weighted by atomic mass is 35.5. The van der Waals surface area contributed by atoms with Gasteiger partial charge in [0.1, 0.15) is 17.9 Å². The number of nitrogens with zero attached hydrogens (tertiary/aromatic N) is 1. The van der Waals surface area contributed by atoms with Gasteiger partial charge in [-0.2, -0.15) is 0 Å². The van der Waals surface area contributed by atoms with Gasteiger partial charge in [-0.3, -0.25) is 14.4 Å². The molecule has 14 heteroatoms. The van der Waals surface area contributed by atoms with Crippen LogP contribution in [0, 0.1) is 5.82 Å². The van der Waals surface area contributed by atoms with Crippen molar-refractivity contribution in [2.75, 3.05) is 20.1 Å². The first kappa shape index (κ1) is 38.6. The van der Waals surface area contributed by atoms with E-state index in [-0.39, 0.29) is 19.5 Å². The van der Waals surface area contributed by atoms with Crippen LogP contribution < -0.4 is 27.4 Å². The van der Waals surface area contributed by atoms with Gasteiger partial charge in [0.15, 0.2) is 0 Å². The summed E-state index contributed by atoms with van der Waals surface area (Å²) in [4.78, 5) is 48.5. The maximum absolute atomic E-state index is 14.6. The van der Waals surface area contributed by atoms with Crippen molar-refractivity contribution in [3.05, 3.63) is 93.3 Å². The number of aromatic nitrogens is 1. The third-order valence-corrected chi connectivity index (χ3v) is 11.0. The average molecular weight is 757 g/mol. The normalized spacial score (nSPS) is 19.3. The van der Waals surface area contributed by atoms with Gasteiger partial charge in [-0.25, -0.2) is 4.39 Å². The van der Waals surface area contributed by atoms with Crippen LogP contribution in [0.25, 0.3) is 10.9 Å². The smallest absolute Gasteiger partial charge is 0.245 e. The van der Waals surface area contributed by atoms with Crippen LogP contribution in [0.3, 0.4) is 0 Å². The summed E-state index contributed by atoms with van der Waals surface area (Å²) in [6, 6.07) is 12.9. The van der Waals surface area contributed by atoms with Crippen LogP contribution in [0.15, 0.2) is 70.6 Å². The SMILES string of the molecule is CN1C(=O)C(CCCCN)NC(=O)[C@H](CCCN)NCc2cc(F)ccc2Sc2c(Cl)cc(Cl)cc2CNC(=O)[C@@H]1Cc1c[nH]c2ccccc12. The number of carbonyl (C=O) groups excluding carboxylic acids is 3. The van der Waals surface area contributed by atoms with Crippen molar-refractivity contribution in [2.45, 2.75) is 79.5 Å². The van der Waals surface area contributed by atoms with Gasteiger partial charge >= 0.3 is 0 Å². The van der Waals surface area contributed by atoms with E-state index < -0.39 is 41.7 Å². The molecule has 272 valence electrons. The number of amides is 3. The Morgan fingerprint density at radius 2 is 1.67 bits per heavy atom. The topological polar surface area (TPSA) is 158 Å². The molecule has 5 rings (SSSR count). The molecule has 3 amide bonds. The number of hydrogen-bond donors (Lipinski definition) is 6. The summed E-state index contributed by atoms with van der Waals surface area (Å²) in [6.45, 7) is 0.996. The van der Waals surface area contributed by atoms with Gasteiger partial charge in [-0.1, -0.05) is 53.2 Å². The number of rotatable bonds is 9. The zero-order chi connectivity index (χ0) is 36.5. The molecule has 2 heterocycles. The molecular formula is C37H44Cl2FN7O3S. The Morgan fingerprint density at radius 3 is 2.45 bits per heavy atom. The first-order valence-corrected chi connectivity index (χ1v) is 18.6. The molecule has 3 atom stereocenters. The molecule has 1 unspecified atom stereocenters. The standard InChI is InChI=1S/C37H44Cl2FN7O3S/c1-47-32(17-22-19-43-29-8-3-2-7-27(22)29)36(49)45-21-24-15-25(38)18-28(39)34(24)51-33-12-11-26(40)16-23(33)20-44-30(10-6-14-42)35(48)46-31(37(47)50)9-4-5-13-41/h2-3,7-8,11-12,15-16,18-19,30-32,43-44H,4-6,9-10,13-14,17,20-21,41-42H2,1H3,(H,45,49)(H,46,48)/t30-,31?,32-/m0/s1. The van der Waals surface area contributed by atoms with Crippen molar-refractivity contribution < 1.29 is 18.8 Å². The number of nitrogens with two attached hydrogens (primary N) is 2. The average Bonchev–Trinajstić information content (AvgIpc) is 3.52. The first-order chi connectivity index (χ1) is 24.6. The van der Waals surface area contributed by atoms with Crippen LogP contribution in [-0.2, 0) is 33.9 Å². The van der Waals surface area contributed by atoms with Gasteiger partial charge in [-0.05, 0) is 98.3 Å². The van der Waals surface area contributed by atoms with E-state index in [0.717, 1.165) is 16.5 Å². The molecule has 4 aromatic rings. The number of benzene rings is 3. The Morgan fingerprint density at radius 1 is 0.902 bits per heavy atom. The fourth-order valence-electron chi connectivity index (χ4n) is 6.27. The number of hydrogen-bond acceptors (Lipinski definition) is 7. The molecule has 3 aromatic carbocycles. The predicted molar refractivity (Wildman–Crippen MR) is 201 cm³/mol. The molecule has 1 aliphatic heterocycles. The van der Waals surface area contributed by atoms with Gasteiger partial charge in [0.25, 0.3) is 0 Å². The second kappa shape index (κ2) is 18.2. The minimum atomic E-state index is -0.943. The summed E-state index contributed by atoms with van der Waals surface area (Å²) in [6.07, 6.45) is 4.55. The molecule has 1 aromatic heterocycles. The van der Waals surface area contributed by atoms with Crippen molar-refractivity contribution in [3.63, 3.8) is 0 Å². The van der Waals surface area contributed by atoms with Crippen LogP contribution in [-0.4, -0.2) is 65.9 Å². The fourth-order valence-corrected chi connectivity index (χ4v) is 7.96. The number of nitrogens with one attached hydrogen (secondary N) is 4. The first-order valence-electron chi connectivity index (χ1n) is 17.1. The summed E-state index contributed by atoms with van der Waals surface area (Å²) < 4.78 is 14.6. The Bertz CT molecular complexity index is 1860. The van der Waals surface area contributed by atoms with Gasteiger partial charge in [0.2, 0.25) is 17.7 Å². The monoisotopic (exact) mass is 755 g/mol. The summed E-state index contributed by atoms with van der Waals surface area (Å²) in [5.74, 6) is -1.63. The molecule has 0 bridgehead atoms. The van der Waals surface area contributed by atoms with E-state index in [4.69, 9.17) is 34.7 Å². The number of para-hydroxylation sites is 1. The molecule has 8 N–H and O–H groups in total. The van der Waals surface area contributed by atoms with Gasteiger partial charge < -0.3 is 37.3 Å². The number of unbranched alkanes of at least 4 members (excludes halogenated alkanes) is 1. The molecule has 10 nitrogen and oxygen atoms in total. The van der Waals surface area contributed by atoms with Gasteiger partial charge in [-0.15, -0.1) is 0 Å². The summed E-state index contributed by atoms with van der Waals surface area (Å²) >= 11 is 14.5. The van der Waals surface area contributed by atoms with Gasteiger partial charge in [0, 0.05) is 58.5 Å². The van der Waals surface area contributed by atoms with Crippen LogP contribution in [0.2, 0.25) is 10.0 Å². The van der Waals surface area contributed by atoms with E-state index in [1.807, 2.05) is 30.5 Å². The van der Waals surface area contributed by atoms with Gasteiger partial charge in [0.05, 0.1) is 11.1 Å². The highest BCUT2D eigenvalue weighted by molar-refractivity contribution is 7.99. The van der Waals surface area contributed by atoms with Crippen LogP contribution in [0.4, 0.5) is 4.39 Å². The third kappa shape index (κ3) is 9.82. The van der Waals surface area contributed by atoms with Crippen LogP contribution in [0.1, 0.15) is 48.8 Å². The zero-order valence-corrected chi connectivity index (χ0v) is 30.8. The van der Waals surface area contributed by atoms with Crippen molar-refractivity contribution in [1.29, 1.82) is 0 Å². The Balaban J connectivity index is 1.58. The lowest BCUT2D eigenvalue weighted by atomic mass is 10.0. The van der Waals surface area contributed by atoms with Crippen molar-refractivity contribution in [2.24, 2.45) is 11.5 Å². The molecule has 0 aliphatic carbocycles. The number of fused-ring (bicyclic) bond motifs is 3. The maximum atomic E-state index is 14.6. The minimum absolute atomic E-state index is 0.0560. The fraction of sp³-hybridized carbons (Fsp3) is 0.378. The second-order valence-corrected chi connectivity index (χ2v) is 14.6. The lowest BCUT2D eigenvalue weighted by Gasteiger charge is -2.32. The highest BCUT2D eigenvalue weighted by Gasteiger charge is 2.34. The Hall–Kier alpha value is -3.65. The summed E-state index contributed by atoms with van der Waals surface area (Å²) in [7, 11) is 1.59. The molecule has 1 aliphatic rings. The van der Waals surface area contributed by atoms with Crippen molar-refractivity contribution >= 4 is 63.6 Å². The van der Waals surface area contributed by atoms with E-state index in [1.165, 1.54) is 28.8 Å². The third-order valence-electron chi connectivity index (χ3n) is 9.09. The minimum Gasteiger partial charge on any atom is -0.361 e. The van der Waals surface area contributed by atoms with E-state index in [0.29, 0.717) is 76.2 Å².